The average molecular weight is 264 g/mol. The molecule has 0 fully saturated rings. The molecular weight excluding hydrogens is 240 g/mol. The zero-order valence-electron chi connectivity index (χ0n) is 11.7. The first kappa shape index (κ1) is 15.5. The van der Waals surface area contributed by atoms with Gasteiger partial charge in [0.1, 0.15) is 5.75 Å². The Labute approximate surface area is 115 Å². The van der Waals surface area contributed by atoms with Crippen molar-refractivity contribution >= 4 is 5.91 Å². The molecule has 1 aromatic carbocycles. The zero-order valence-corrected chi connectivity index (χ0v) is 11.7. The van der Waals surface area contributed by atoms with Crippen LogP contribution in [0.2, 0.25) is 0 Å². The summed E-state index contributed by atoms with van der Waals surface area (Å²) >= 11 is 0. The lowest BCUT2D eigenvalue weighted by Crippen LogP contribution is -2.34. The van der Waals surface area contributed by atoms with Crippen molar-refractivity contribution in [2.45, 2.75) is 26.2 Å². The average Bonchev–Trinajstić information content (AvgIpc) is 2.44. The summed E-state index contributed by atoms with van der Waals surface area (Å²) in [6.07, 6.45) is 2.24. The zero-order chi connectivity index (χ0) is 13.9. The molecule has 0 aliphatic heterocycles. The fourth-order valence-electron chi connectivity index (χ4n) is 1.84. The predicted octanol–water partition coefficient (Wildman–Crippen LogP) is 2.04. The molecule has 0 saturated heterocycles. The van der Waals surface area contributed by atoms with Crippen LogP contribution in [-0.2, 0) is 4.79 Å². The Morgan fingerprint density at radius 2 is 2.00 bits per heavy atom. The molecule has 1 amide bonds. The van der Waals surface area contributed by atoms with Crippen LogP contribution in [0.15, 0.2) is 30.3 Å². The standard InChI is InChI=1S/C15H24N2O2/c1-2-11-17(12-6-10-16)15(18)9-13-19-14-7-4-3-5-8-14/h3-5,7-8H,2,6,9-13,16H2,1H3. The largest absolute Gasteiger partial charge is 0.493 e. The van der Waals surface area contributed by atoms with Crippen molar-refractivity contribution < 1.29 is 9.53 Å². The molecule has 0 aromatic heterocycles. The molecule has 0 spiro atoms. The molecule has 0 radical (unpaired) electrons. The number of ether oxygens (including phenoxy) is 1. The third kappa shape index (κ3) is 6.25. The summed E-state index contributed by atoms with van der Waals surface area (Å²) in [5.41, 5.74) is 5.49. The smallest absolute Gasteiger partial charge is 0.225 e. The first-order valence-corrected chi connectivity index (χ1v) is 6.93. The number of carbonyl (C=O) groups excluding carboxylic acids is 1. The van der Waals surface area contributed by atoms with E-state index in [0.29, 0.717) is 19.6 Å². The van der Waals surface area contributed by atoms with Crippen LogP contribution in [0.3, 0.4) is 0 Å². The number of para-hydroxylation sites is 1. The minimum absolute atomic E-state index is 0.145. The number of nitrogens with zero attached hydrogens (tertiary/aromatic N) is 1. The molecule has 0 bridgehead atoms. The molecule has 19 heavy (non-hydrogen) atoms. The maximum Gasteiger partial charge on any atom is 0.225 e. The highest BCUT2D eigenvalue weighted by atomic mass is 16.5. The fraction of sp³-hybridized carbons (Fsp3) is 0.533. The van der Waals surface area contributed by atoms with Crippen LogP contribution in [0.1, 0.15) is 26.2 Å². The fourth-order valence-corrected chi connectivity index (χ4v) is 1.84. The van der Waals surface area contributed by atoms with Gasteiger partial charge in [-0.05, 0) is 31.5 Å². The molecule has 0 heterocycles. The van der Waals surface area contributed by atoms with E-state index in [9.17, 15) is 4.79 Å². The minimum atomic E-state index is 0.145. The van der Waals surface area contributed by atoms with Crippen LogP contribution in [0.5, 0.6) is 5.75 Å². The molecule has 2 N–H and O–H groups in total. The number of hydrogen-bond acceptors (Lipinski definition) is 3. The summed E-state index contributed by atoms with van der Waals surface area (Å²) in [5, 5.41) is 0. The lowest BCUT2D eigenvalue weighted by molar-refractivity contribution is -0.131. The van der Waals surface area contributed by atoms with Crippen molar-refractivity contribution in [3.8, 4) is 5.75 Å². The van der Waals surface area contributed by atoms with Gasteiger partial charge in [0.25, 0.3) is 0 Å². The van der Waals surface area contributed by atoms with Crippen LogP contribution in [0.25, 0.3) is 0 Å². The van der Waals surface area contributed by atoms with E-state index in [-0.39, 0.29) is 5.91 Å². The van der Waals surface area contributed by atoms with Crippen LogP contribution in [0, 0.1) is 0 Å². The van der Waals surface area contributed by atoms with Crippen LogP contribution in [0.4, 0.5) is 0 Å². The van der Waals surface area contributed by atoms with E-state index in [1.165, 1.54) is 0 Å². The summed E-state index contributed by atoms with van der Waals surface area (Å²) in [6.45, 7) is 4.65. The van der Waals surface area contributed by atoms with Crippen molar-refractivity contribution in [1.82, 2.24) is 4.90 Å². The number of benzene rings is 1. The summed E-state index contributed by atoms with van der Waals surface area (Å²) < 4.78 is 5.54. The quantitative estimate of drug-likeness (QED) is 0.742. The normalized spacial score (nSPS) is 10.2. The Morgan fingerprint density at radius 3 is 2.63 bits per heavy atom. The summed E-state index contributed by atoms with van der Waals surface area (Å²) in [6, 6.07) is 9.56. The van der Waals surface area contributed by atoms with E-state index < -0.39 is 0 Å². The molecule has 0 aliphatic carbocycles. The van der Waals surface area contributed by atoms with Crippen LogP contribution < -0.4 is 10.5 Å². The minimum Gasteiger partial charge on any atom is -0.493 e. The number of amides is 1. The molecule has 4 heteroatoms. The first-order chi connectivity index (χ1) is 9.27. The van der Waals surface area contributed by atoms with Gasteiger partial charge in [0.15, 0.2) is 0 Å². The van der Waals surface area contributed by atoms with Crippen molar-refractivity contribution in [2.24, 2.45) is 5.73 Å². The lowest BCUT2D eigenvalue weighted by atomic mass is 10.3. The van der Waals surface area contributed by atoms with Gasteiger partial charge in [0.2, 0.25) is 5.91 Å². The molecule has 0 aliphatic rings. The van der Waals surface area contributed by atoms with Gasteiger partial charge in [-0.1, -0.05) is 25.1 Å². The Bertz CT molecular complexity index is 354. The van der Waals surface area contributed by atoms with Gasteiger partial charge in [-0.25, -0.2) is 0 Å². The SMILES string of the molecule is CCCN(CCCN)C(=O)CCOc1ccccc1. The number of carbonyl (C=O) groups is 1. The molecule has 0 atom stereocenters. The monoisotopic (exact) mass is 264 g/mol. The van der Waals surface area contributed by atoms with Gasteiger partial charge >= 0.3 is 0 Å². The highest BCUT2D eigenvalue weighted by molar-refractivity contribution is 5.76. The van der Waals surface area contributed by atoms with Gasteiger partial charge in [-0.15, -0.1) is 0 Å². The van der Waals surface area contributed by atoms with Crippen LogP contribution >= 0.6 is 0 Å². The van der Waals surface area contributed by atoms with Gasteiger partial charge in [0, 0.05) is 13.1 Å². The Kier molecular flexibility index (Phi) is 7.66. The third-order valence-electron chi connectivity index (χ3n) is 2.81. The highest BCUT2D eigenvalue weighted by Crippen LogP contribution is 2.09. The molecule has 106 valence electrons. The Balaban J connectivity index is 2.31. The second-order valence-electron chi connectivity index (χ2n) is 4.43. The Hall–Kier alpha value is -1.55. The Morgan fingerprint density at radius 1 is 1.26 bits per heavy atom. The van der Waals surface area contributed by atoms with Gasteiger partial charge in [-0.3, -0.25) is 4.79 Å². The van der Waals surface area contributed by atoms with Gasteiger partial charge < -0.3 is 15.4 Å². The topological polar surface area (TPSA) is 55.6 Å². The summed E-state index contributed by atoms with van der Waals surface area (Å²) in [4.78, 5) is 13.9. The van der Waals surface area contributed by atoms with E-state index in [0.717, 1.165) is 31.7 Å². The summed E-state index contributed by atoms with van der Waals surface area (Å²) in [7, 11) is 0. The maximum atomic E-state index is 12.0. The molecule has 0 saturated carbocycles. The molecule has 4 nitrogen and oxygen atoms in total. The lowest BCUT2D eigenvalue weighted by Gasteiger charge is -2.21. The maximum absolute atomic E-state index is 12.0. The van der Waals surface area contributed by atoms with Crippen molar-refractivity contribution in [3.05, 3.63) is 30.3 Å². The van der Waals surface area contributed by atoms with Crippen molar-refractivity contribution in [3.63, 3.8) is 0 Å². The first-order valence-electron chi connectivity index (χ1n) is 6.93. The third-order valence-corrected chi connectivity index (χ3v) is 2.81. The summed E-state index contributed by atoms with van der Waals surface area (Å²) in [5.74, 6) is 0.950. The highest BCUT2D eigenvalue weighted by Gasteiger charge is 2.11. The second kappa shape index (κ2) is 9.39. The van der Waals surface area contributed by atoms with Crippen molar-refractivity contribution in [1.29, 1.82) is 0 Å². The molecule has 0 unspecified atom stereocenters. The molecule has 1 aromatic rings. The number of hydrogen-bond donors (Lipinski definition) is 1. The van der Waals surface area contributed by atoms with E-state index in [2.05, 4.69) is 6.92 Å². The van der Waals surface area contributed by atoms with E-state index in [1.807, 2.05) is 35.2 Å². The number of rotatable bonds is 9. The van der Waals surface area contributed by atoms with E-state index >= 15 is 0 Å². The van der Waals surface area contributed by atoms with E-state index in [1.54, 1.807) is 0 Å². The van der Waals surface area contributed by atoms with Gasteiger partial charge in [-0.2, -0.15) is 0 Å². The molecule has 1 rings (SSSR count). The van der Waals surface area contributed by atoms with Gasteiger partial charge in [0.05, 0.1) is 13.0 Å². The van der Waals surface area contributed by atoms with Crippen molar-refractivity contribution in [2.75, 3.05) is 26.2 Å². The molecular formula is C15H24N2O2. The van der Waals surface area contributed by atoms with Crippen LogP contribution in [-0.4, -0.2) is 37.0 Å². The number of nitrogens with two attached hydrogens (primary N) is 1. The predicted molar refractivity (Wildman–Crippen MR) is 77.1 cm³/mol. The second-order valence-corrected chi connectivity index (χ2v) is 4.43. The van der Waals surface area contributed by atoms with E-state index in [4.69, 9.17) is 10.5 Å².